The van der Waals surface area contributed by atoms with Crippen molar-refractivity contribution in [2.75, 3.05) is 0 Å². The molecule has 7 rings (SSSR count). The minimum absolute atomic E-state index is 0.346. The first kappa shape index (κ1) is 39.0. The van der Waals surface area contributed by atoms with E-state index >= 15 is 0 Å². The molecule has 6 aliphatic rings. The Hall–Kier alpha value is 1.28. The predicted octanol–water partition coefficient (Wildman–Crippen LogP) is 15.6. The first-order valence-electron chi connectivity index (χ1n) is 21.7. The second-order valence-electron chi connectivity index (χ2n) is 17.9. The van der Waals surface area contributed by atoms with Crippen molar-refractivity contribution in [2.45, 2.75) is 232 Å². The first-order valence-corrected chi connectivity index (χ1v) is 30.8. The topological polar surface area (TPSA) is 0 Å². The Morgan fingerprint density at radius 1 is 0.375 bits per heavy atom. The Morgan fingerprint density at radius 2 is 0.583 bits per heavy atom. The molecule has 0 radical (unpaired) electrons. The van der Waals surface area contributed by atoms with Crippen LogP contribution in [0.4, 0.5) is 0 Å². The normalized spacial score (nSPS) is 27.2. The van der Waals surface area contributed by atoms with E-state index in [-0.39, 0.29) is 15.1 Å². The molecular formula is C43H74Cl2P2Ru-. The van der Waals surface area contributed by atoms with Gasteiger partial charge < -0.3 is 0 Å². The van der Waals surface area contributed by atoms with Crippen LogP contribution < -0.4 is 0 Å². The molecule has 0 heterocycles. The molecule has 0 nitrogen and oxygen atoms in total. The maximum atomic E-state index is 4.85. The van der Waals surface area contributed by atoms with Crippen molar-refractivity contribution in [3.05, 3.63) is 35.9 Å². The number of halogens is 2. The van der Waals surface area contributed by atoms with E-state index in [1.165, 1.54) is 0 Å². The molecule has 6 saturated carbocycles. The Morgan fingerprint density at radius 3 is 0.792 bits per heavy atom. The van der Waals surface area contributed by atoms with Gasteiger partial charge >= 0.3 is 317 Å². The SMILES string of the molecule is [Cl][Ru-][Cl].c1ccc(C([PH](C2CCCCC2)(C2CCCCC2)C2CCCCC2)[PH](C2CCCCC2)(C2CCCCC2)C2CCCCC2)cc1. The molecule has 0 aromatic heterocycles. The second-order valence-corrected chi connectivity index (χ2v) is 31.2. The van der Waals surface area contributed by atoms with Gasteiger partial charge in [0.25, 0.3) is 0 Å². The van der Waals surface area contributed by atoms with Crippen LogP contribution in [0.15, 0.2) is 30.3 Å². The zero-order valence-corrected chi connectivity index (χ0v) is 36.0. The van der Waals surface area contributed by atoms with Crippen molar-refractivity contribution in [3.8, 4) is 0 Å². The van der Waals surface area contributed by atoms with Crippen molar-refractivity contribution in [2.24, 2.45) is 0 Å². The number of hydrogen-bond acceptors (Lipinski definition) is 0. The number of hydrogen-bond donors (Lipinski definition) is 0. The summed E-state index contributed by atoms with van der Waals surface area (Å²) in [6.45, 7) is 0. The predicted molar refractivity (Wildman–Crippen MR) is 219 cm³/mol. The van der Waals surface area contributed by atoms with Crippen LogP contribution in [0.2, 0.25) is 0 Å². The van der Waals surface area contributed by atoms with Gasteiger partial charge in [-0.15, -0.1) is 0 Å². The molecule has 0 amide bonds. The van der Waals surface area contributed by atoms with Crippen molar-refractivity contribution in [1.29, 1.82) is 0 Å². The number of rotatable bonds is 9. The fraction of sp³-hybridized carbons (Fsp3) is 0.860. The standard InChI is InChI=1S/C43H74P2.2ClH.Ru/c1-8-22-36(23-9-1)43(44(37-24-10-2-11-25-37,38-26-12-3-13-27-38)39-28-14-4-15-29-39)45(40-30-16-5-17-31-40,41-32-18-6-19-33-41)42-34-20-7-21-35-42;;;/h1,8-9,22-23,37-45H,2-7,10-21,24-35H2;2*1H;/q;;;+1/p-2. The van der Waals surface area contributed by atoms with Crippen LogP contribution in [0, 0.1) is 0 Å². The molecule has 1 aromatic carbocycles. The van der Waals surface area contributed by atoms with Gasteiger partial charge in [0.1, 0.15) is 0 Å². The van der Waals surface area contributed by atoms with Crippen LogP contribution in [-0.4, -0.2) is 34.0 Å². The van der Waals surface area contributed by atoms with Crippen molar-refractivity contribution in [3.63, 3.8) is 0 Å². The Labute approximate surface area is 314 Å². The summed E-state index contributed by atoms with van der Waals surface area (Å²) in [5.74, 6) is 0. The fourth-order valence-corrected chi connectivity index (χ4v) is 39.2. The van der Waals surface area contributed by atoms with Crippen molar-refractivity contribution in [1.82, 2.24) is 0 Å². The molecule has 5 heteroatoms. The minimum atomic E-state index is -1.79. The van der Waals surface area contributed by atoms with Gasteiger partial charge in [-0.3, -0.25) is 0 Å². The summed E-state index contributed by atoms with van der Waals surface area (Å²) in [6.07, 6.45) is 47.9. The van der Waals surface area contributed by atoms with Gasteiger partial charge in [-0.05, 0) is 0 Å². The maximum absolute atomic E-state index is 4.85. The van der Waals surface area contributed by atoms with Gasteiger partial charge in [0.05, 0.1) is 0 Å². The van der Waals surface area contributed by atoms with Gasteiger partial charge in [-0.25, -0.2) is 0 Å². The van der Waals surface area contributed by atoms with Gasteiger partial charge in [-0.1, -0.05) is 0 Å². The van der Waals surface area contributed by atoms with Crippen LogP contribution in [0.3, 0.4) is 0 Å². The van der Waals surface area contributed by atoms with E-state index in [2.05, 4.69) is 30.3 Å². The molecule has 0 atom stereocenters. The summed E-state index contributed by atoms with van der Waals surface area (Å²) < 4.78 is 0. The molecule has 0 aliphatic heterocycles. The van der Waals surface area contributed by atoms with E-state index in [9.17, 15) is 0 Å². The second kappa shape index (κ2) is 20.1. The molecule has 48 heavy (non-hydrogen) atoms. The van der Waals surface area contributed by atoms with Gasteiger partial charge in [-0.2, -0.15) is 0 Å². The Balaban J connectivity index is 0.00000129. The third-order valence-electron chi connectivity index (χ3n) is 16.0. The molecule has 279 valence electrons. The Bertz CT molecular complexity index is 863. The van der Waals surface area contributed by atoms with Crippen LogP contribution in [0.25, 0.3) is 0 Å². The molecule has 0 spiro atoms. The molecular weight excluding hydrogens is 750 g/mol. The summed E-state index contributed by atoms with van der Waals surface area (Å²) in [4.78, 5) is 0. The summed E-state index contributed by atoms with van der Waals surface area (Å²) in [6, 6.07) is 13.1. The van der Waals surface area contributed by atoms with Crippen molar-refractivity contribution < 1.29 is 15.1 Å². The van der Waals surface area contributed by atoms with E-state index in [4.69, 9.17) is 19.4 Å². The van der Waals surface area contributed by atoms with Crippen LogP contribution in [-0.2, 0) is 15.1 Å². The zero-order chi connectivity index (χ0) is 33.1. The van der Waals surface area contributed by atoms with E-state index in [1.807, 2.05) is 5.56 Å². The van der Waals surface area contributed by atoms with E-state index in [0.717, 1.165) is 39.4 Å². The van der Waals surface area contributed by atoms with Gasteiger partial charge in [0, 0.05) is 0 Å². The average Bonchev–Trinajstić information content (AvgIpc) is 3.18. The third kappa shape index (κ3) is 8.48. The molecule has 0 saturated heterocycles. The molecule has 0 N–H and O–H groups in total. The monoisotopic (exact) mass is 824 g/mol. The fourth-order valence-electron chi connectivity index (χ4n) is 14.7. The molecule has 6 aliphatic carbocycles. The average molecular weight is 825 g/mol. The molecule has 6 fully saturated rings. The van der Waals surface area contributed by atoms with Gasteiger partial charge in [0.2, 0.25) is 0 Å². The summed E-state index contributed by atoms with van der Waals surface area (Å²) in [5.41, 5.74) is 8.85. The molecule has 1 aromatic rings. The van der Waals surface area contributed by atoms with Crippen LogP contribution in [0.5, 0.6) is 0 Å². The third-order valence-corrected chi connectivity index (χ3v) is 33.6. The van der Waals surface area contributed by atoms with E-state index in [1.54, 1.807) is 193 Å². The molecule has 0 unspecified atom stereocenters. The van der Waals surface area contributed by atoms with Gasteiger partial charge in [0.15, 0.2) is 0 Å². The number of benzene rings is 1. The van der Waals surface area contributed by atoms with Crippen LogP contribution >= 0.6 is 33.9 Å². The first-order chi connectivity index (χ1) is 23.8. The van der Waals surface area contributed by atoms with E-state index in [0.29, 0.717) is 0 Å². The van der Waals surface area contributed by atoms with Crippen molar-refractivity contribution >= 4 is 33.9 Å². The Kier molecular flexibility index (Phi) is 16.3. The quantitative estimate of drug-likeness (QED) is 0.172. The van der Waals surface area contributed by atoms with Crippen LogP contribution in [0.1, 0.15) is 204 Å². The summed E-state index contributed by atoms with van der Waals surface area (Å²) >= 11 is -0.346. The zero-order valence-electron chi connectivity index (χ0n) is 30.8. The summed E-state index contributed by atoms with van der Waals surface area (Å²) in [5, 5.41) is 1.08. The summed E-state index contributed by atoms with van der Waals surface area (Å²) in [7, 11) is 6.13. The van der Waals surface area contributed by atoms with E-state index < -0.39 is 14.5 Å². The molecule has 0 bridgehead atoms.